The SMILES string of the molecule is OC1CCN(c2ncc(-c3ccc(Cl)cc3Cl)cn2)CC1. The van der Waals surface area contributed by atoms with Gasteiger partial charge in [-0.3, -0.25) is 0 Å². The first-order chi connectivity index (χ1) is 10.1. The minimum absolute atomic E-state index is 0.201. The fourth-order valence-corrected chi connectivity index (χ4v) is 2.93. The molecule has 110 valence electrons. The Bertz CT molecular complexity index is 625. The number of aliphatic hydroxyl groups excluding tert-OH is 1. The molecule has 2 heterocycles. The highest BCUT2D eigenvalue weighted by Gasteiger charge is 2.19. The average Bonchev–Trinajstić information content (AvgIpc) is 2.48. The Balaban J connectivity index is 1.80. The van der Waals surface area contributed by atoms with Gasteiger partial charge in [-0.1, -0.05) is 29.3 Å². The number of aliphatic hydroxyl groups is 1. The third-order valence-corrected chi connectivity index (χ3v) is 4.18. The van der Waals surface area contributed by atoms with Crippen LogP contribution in [-0.4, -0.2) is 34.3 Å². The van der Waals surface area contributed by atoms with Crippen LogP contribution in [0.3, 0.4) is 0 Å². The van der Waals surface area contributed by atoms with E-state index in [1.807, 2.05) is 6.07 Å². The van der Waals surface area contributed by atoms with Crippen molar-refractivity contribution in [3.63, 3.8) is 0 Å². The van der Waals surface area contributed by atoms with E-state index in [0.29, 0.717) is 16.0 Å². The van der Waals surface area contributed by atoms with Crippen molar-refractivity contribution in [1.29, 1.82) is 0 Å². The molecule has 0 spiro atoms. The Kier molecular flexibility index (Phi) is 4.29. The van der Waals surface area contributed by atoms with Crippen molar-refractivity contribution in [2.45, 2.75) is 18.9 Å². The van der Waals surface area contributed by atoms with Crippen molar-refractivity contribution in [3.05, 3.63) is 40.6 Å². The lowest BCUT2D eigenvalue weighted by atomic mass is 10.1. The van der Waals surface area contributed by atoms with Crippen molar-refractivity contribution < 1.29 is 5.11 Å². The smallest absolute Gasteiger partial charge is 0.225 e. The number of hydrogen-bond acceptors (Lipinski definition) is 4. The van der Waals surface area contributed by atoms with Crippen molar-refractivity contribution >= 4 is 29.2 Å². The molecule has 3 rings (SSSR count). The molecule has 0 bridgehead atoms. The van der Waals surface area contributed by atoms with E-state index >= 15 is 0 Å². The van der Waals surface area contributed by atoms with Crippen LogP contribution in [0, 0.1) is 0 Å². The predicted molar refractivity (Wildman–Crippen MR) is 84.9 cm³/mol. The molecule has 0 unspecified atom stereocenters. The van der Waals surface area contributed by atoms with Gasteiger partial charge in [0.15, 0.2) is 0 Å². The molecule has 0 saturated carbocycles. The maximum absolute atomic E-state index is 9.53. The summed E-state index contributed by atoms with van der Waals surface area (Å²) in [5.74, 6) is 0.690. The molecule has 0 aliphatic carbocycles. The van der Waals surface area contributed by atoms with Crippen LogP contribution < -0.4 is 4.90 Å². The van der Waals surface area contributed by atoms with Crippen molar-refractivity contribution in [3.8, 4) is 11.1 Å². The molecule has 1 fully saturated rings. The summed E-state index contributed by atoms with van der Waals surface area (Å²) >= 11 is 12.1. The maximum Gasteiger partial charge on any atom is 0.225 e. The van der Waals surface area contributed by atoms with Gasteiger partial charge in [-0.2, -0.15) is 0 Å². The highest BCUT2D eigenvalue weighted by Crippen LogP contribution is 2.30. The summed E-state index contributed by atoms with van der Waals surface area (Å²) in [4.78, 5) is 10.9. The summed E-state index contributed by atoms with van der Waals surface area (Å²) < 4.78 is 0. The number of nitrogens with zero attached hydrogens (tertiary/aromatic N) is 3. The number of halogens is 2. The minimum atomic E-state index is -0.201. The summed E-state index contributed by atoms with van der Waals surface area (Å²) in [6, 6.07) is 5.36. The zero-order valence-corrected chi connectivity index (χ0v) is 12.8. The normalized spacial score (nSPS) is 16.2. The lowest BCUT2D eigenvalue weighted by Gasteiger charge is -2.29. The number of anilines is 1. The Labute approximate surface area is 133 Å². The van der Waals surface area contributed by atoms with E-state index in [1.54, 1.807) is 24.5 Å². The molecule has 2 aromatic rings. The standard InChI is InChI=1S/C15H15Cl2N3O/c16-11-1-2-13(14(17)7-11)10-8-18-15(19-9-10)20-5-3-12(21)4-6-20/h1-2,7-9,12,21H,3-6H2. The molecule has 0 atom stereocenters. The molecule has 1 aliphatic rings. The summed E-state index contributed by atoms with van der Waals surface area (Å²) in [6.07, 6.45) is 4.85. The lowest BCUT2D eigenvalue weighted by Crippen LogP contribution is -2.36. The summed E-state index contributed by atoms with van der Waals surface area (Å²) in [7, 11) is 0. The number of rotatable bonds is 2. The Hall–Kier alpha value is -1.36. The molecular formula is C15H15Cl2N3O. The first-order valence-corrected chi connectivity index (χ1v) is 7.59. The van der Waals surface area contributed by atoms with Gasteiger partial charge >= 0.3 is 0 Å². The quantitative estimate of drug-likeness (QED) is 0.920. The van der Waals surface area contributed by atoms with Gasteiger partial charge in [0, 0.05) is 46.7 Å². The Morgan fingerprint density at radius 1 is 1.10 bits per heavy atom. The van der Waals surface area contributed by atoms with Crippen LogP contribution in [-0.2, 0) is 0 Å². The number of aromatic nitrogens is 2. The fourth-order valence-electron chi connectivity index (χ4n) is 2.41. The van der Waals surface area contributed by atoms with Crippen LogP contribution in [0.15, 0.2) is 30.6 Å². The molecule has 0 amide bonds. The van der Waals surface area contributed by atoms with Gasteiger partial charge in [-0.15, -0.1) is 0 Å². The van der Waals surface area contributed by atoms with E-state index in [-0.39, 0.29) is 6.10 Å². The maximum atomic E-state index is 9.53. The highest BCUT2D eigenvalue weighted by atomic mass is 35.5. The second kappa shape index (κ2) is 6.18. The molecule has 0 radical (unpaired) electrons. The van der Waals surface area contributed by atoms with E-state index < -0.39 is 0 Å². The van der Waals surface area contributed by atoms with Gasteiger partial charge < -0.3 is 10.0 Å². The first-order valence-electron chi connectivity index (χ1n) is 6.84. The molecule has 1 saturated heterocycles. The number of benzene rings is 1. The van der Waals surface area contributed by atoms with Crippen LogP contribution in [0.5, 0.6) is 0 Å². The third kappa shape index (κ3) is 3.28. The molecule has 1 aliphatic heterocycles. The monoisotopic (exact) mass is 323 g/mol. The van der Waals surface area contributed by atoms with Crippen molar-refractivity contribution in [1.82, 2.24) is 9.97 Å². The third-order valence-electron chi connectivity index (χ3n) is 3.63. The first kappa shape index (κ1) is 14.6. The molecular weight excluding hydrogens is 309 g/mol. The van der Waals surface area contributed by atoms with Gasteiger partial charge in [0.05, 0.1) is 6.10 Å². The van der Waals surface area contributed by atoms with Gasteiger partial charge in [-0.05, 0) is 25.0 Å². The van der Waals surface area contributed by atoms with Gasteiger partial charge in [-0.25, -0.2) is 9.97 Å². The largest absolute Gasteiger partial charge is 0.393 e. The lowest BCUT2D eigenvalue weighted by molar-refractivity contribution is 0.145. The van der Waals surface area contributed by atoms with E-state index in [2.05, 4.69) is 14.9 Å². The molecule has 1 aromatic carbocycles. The van der Waals surface area contributed by atoms with Crippen LogP contribution in [0.1, 0.15) is 12.8 Å². The van der Waals surface area contributed by atoms with Gasteiger partial charge in [0.1, 0.15) is 0 Å². The zero-order chi connectivity index (χ0) is 14.8. The van der Waals surface area contributed by atoms with Gasteiger partial charge in [0.2, 0.25) is 5.95 Å². The van der Waals surface area contributed by atoms with E-state index in [1.165, 1.54) is 0 Å². The van der Waals surface area contributed by atoms with Gasteiger partial charge in [0.25, 0.3) is 0 Å². The van der Waals surface area contributed by atoms with Crippen LogP contribution in [0.4, 0.5) is 5.95 Å². The summed E-state index contributed by atoms with van der Waals surface area (Å²) in [5, 5.41) is 10.7. The van der Waals surface area contributed by atoms with E-state index in [4.69, 9.17) is 23.2 Å². The topological polar surface area (TPSA) is 49.2 Å². The highest BCUT2D eigenvalue weighted by molar-refractivity contribution is 6.36. The van der Waals surface area contributed by atoms with E-state index in [0.717, 1.165) is 37.1 Å². The van der Waals surface area contributed by atoms with E-state index in [9.17, 15) is 5.11 Å². The van der Waals surface area contributed by atoms with Crippen LogP contribution in [0.25, 0.3) is 11.1 Å². The van der Waals surface area contributed by atoms with Crippen molar-refractivity contribution in [2.75, 3.05) is 18.0 Å². The Morgan fingerprint density at radius 3 is 2.38 bits per heavy atom. The average molecular weight is 324 g/mol. The Morgan fingerprint density at radius 2 is 1.76 bits per heavy atom. The molecule has 1 aromatic heterocycles. The predicted octanol–water partition coefficient (Wildman–Crippen LogP) is 3.41. The fraction of sp³-hybridized carbons (Fsp3) is 0.333. The number of piperidine rings is 1. The van der Waals surface area contributed by atoms with Crippen molar-refractivity contribution in [2.24, 2.45) is 0 Å². The second-order valence-corrected chi connectivity index (χ2v) is 5.96. The summed E-state index contributed by atoms with van der Waals surface area (Å²) in [5.41, 5.74) is 1.72. The van der Waals surface area contributed by atoms with Crippen LogP contribution >= 0.6 is 23.2 Å². The van der Waals surface area contributed by atoms with Crippen LogP contribution in [0.2, 0.25) is 10.0 Å². The molecule has 6 heteroatoms. The minimum Gasteiger partial charge on any atom is -0.393 e. The zero-order valence-electron chi connectivity index (χ0n) is 11.3. The summed E-state index contributed by atoms with van der Waals surface area (Å²) in [6.45, 7) is 1.56. The molecule has 4 nitrogen and oxygen atoms in total. The molecule has 1 N–H and O–H groups in total. The number of hydrogen-bond donors (Lipinski definition) is 1. The molecule has 21 heavy (non-hydrogen) atoms. The second-order valence-electron chi connectivity index (χ2n) is 5.11.